The number of hydrogen-bond acceptors (Lipinski definition) is 2. The highest BCUT2D eigenvalue weighted by Gasteiger charge is 2.28. The zero-order chi connectivity index (χ0) is 20.2. The molecule has 0 bridgehead atoms. The summed E-state index contributed by atoms with van der Waals surface area (Å²) in [5.41, 5.74) is 5.02. The van der Waals surface area contributed by atoms with Gasteiger partial charge in [0.2, 0.25) is 0 Å². The van der Waals surface area contributed by atoms with Gasteiger partial charge in [-0.25, -0.2) is 13.6 Å². The Labute approximate surface area is 167 Å². The minimum atomic E-state index is -0.644. The lowest BCUT2D eigenvalue weighted by Crippen LogP contribution is -2.26. The largest absolute Gasteiger partial charge is 0.449 e. The molecule has 0 radical (unpaired) electrons. The number of carbonyl (C=O) groups is 1. The quantitative estimate of drug-likeness (QED) is 0.622. The van der Waals surface area contributed by atoms with Crippen LogP contribution in [0, 0.1) is 11.6 Å². The monoisotopic (exact) mass is 391 g/mol. The second kappa shape index (κ2) is 8.27. The molecule has 0 saturated carbocycles. The van der Waals surface area contributed by atoms with Crippen molar-refractivity contribution in [3.63, 3.8) is 0 Å². The van der Waals surface area contributed by atoms with E-state index in [1.54, 1.807) is 6.08 Å². The van der Waals surface area contributed by atoms with Crippen molar-refractivity contribution < 1.29 is 18.3 Å². The normalized spacial score (nSPS) is 12.6. The lowest BCUT2D eigenvalue weighted by molar-refractivity contribution is 0.144. The number of benzene rings is 3. The number of alkyl carbamates (subject to hydrolysis) is 1. The fraction of sp³-hybridized carbons (Fsp3) is 0.125. The van der Waals surface area contributed by atoms with Crippen molar-refractivity contribution in [2.24, 2.45) is 0 Å². The van der Waals surface area contributed by atoms with E-state index in [4.69, 9.17) is 4.74 Å². The number of rotatable bonds is 5. The summed E-state index contributed by atoms with van der Waals surface area (Å²) in [6.45, 7) is 0.424. The molecule has 0 atom stereocenters. The molecule has 3 nitrogen and oxygen atoms in total. The van der Waals surface area contributed by atoms with Crippen molar-refractivity contribution in [2.45, 2.75) is 5.92 Å². The Morgan fingerprint density at radius 2 is 1.52 bits per heavy atom. The maximum absolute atomic E-state index is 13.2. The van der Waals surface area contributed by atoms with Gasteiger partial charge in [-0.2, -0.15) is 0 Å². The van der Waals surface area contributed by atoms with Crippen LogP contribution in [0.5, 0.6) is 0 Å². The zero-order valence-corrected chi connectivity index (χ0v) is 15.6. The molecule has 0 spiro atoms. The third-order valence-corrected chi connectivity index (χ3v) is 4.90. The lowest BCUT2D eigenvalue weighted by atomic mass is 9.98. The molecule has 1 aliphatic carbocycles. The van der Waals surface area contributed by atoms with E-state index in [9.17, 15) is 13.6 Å². The Bertz CT molecular complexity index is 1010. The Kier molecular flexibility index (Phi) is 5.38. The van der Waals surface area contributed by atoms with Crippen molar-refractivity contribution in [1.82, 2.24) is 5.32 Å². The smallest absolute Gasteiger partial charge is 0.407 e. The molecular formula is C24H19F2NO2. The molecule has 0 fully saturated rings. The molecular weight excluding hydrogens is 372 g/mol. The highest BCUT2D eigenvalue weighted by atomic mass is 19.1. The fourth-order valence-corrected chi connectivity index (χ4v) is 3.66. The van der Waals surface area contributed by atoms with E-state index in [-0.39, 0.29) is 19.1 Å². The van der Waals surface area contributed by atoms with Crippen LogP contribution < -0.4 is 5.32 Å². The standard InChI is InChI=1S/C24H19F2NO2/c25-17-12-16(13-18(26)14-17)6-5-11-27-24(28)29-15-23-21-9-3-1-7-19(21)20-8-2-4-10-22(20)23/h1-10,12-14,23H,11,15H2,(H,27,28). The van der Waals surface area contributed by atoms with E-state index < -0.39 is 17.7 Å². The van der Waals surface area contributed by atoms with Crippen LogP contribution in [-0.2, 0) is 4.74 Å². The molecule has 1 amide bonds. The maximum atomic E-state index is 13.2. The Morgan fingerprint density at radius 1 is 0.931 bits per heavy atom. The minimum absolute atomic E-state index is 0.000962. The summed E-state index contributed by atoms with van der Waals surface area (Å²) >= 11 is 0. The summed E-state index contributed by atoms with van der Waals surface area (Å²) in [7, 11) is 0. The van der Waals surface area contributed by atoms with Gasteiger partial charge in [0.25, 0.3) is 0 Å². The number of nitrogens with one attached hydrogen (secondary N) is 1. The molecule has 146 valence electrons. The Morgan fingerprint density at radius 3 is 2.14 bits per heavy atom. The van der Waals surface area contributed by atoms with Crippen molar-refractivity contribution >= 4 is 12.2 Å². The van der Waals surface area contributed by atoms with E-state index in [2.05, 4.69) is 29.6 Å². The summed E-state index contributed by atoms with van der Waals surface area (Å²) in [6, 6.07) is 19.5. The average molecular weight is 391 g/mol. The van der Waals surface area contributed by atoms with Gasteiger partial charge in [-0.05, 0) is 39.9 Å². The van der Waals surface area contributed by atoms with Gasteiger partial charge in [0.15, 0.2) is 0 Å². The number of fused-ring (bicyclic) bond motifs is 3. The predicted octanol–water partition coefficient (Wildman–Crippen LogP) is 5.52. The molecule has 3 aromatic rings. The molecule has 0 heterocycles. The summed E-state index contributed by atoms with van der Waals surface area (Å²) in [4.78, 5) is 12.1. The van der Waals surface area contributed by atoms with Crippen molar-refractivity contribution in [3.8, 4) is 11.1 Å². The first-order chi connectivity index (χ1) is 14.1. The Hall–Kier alpha value is -3.47. The Balaban J connectivity index is 1.34. The number of carbonyl (C=O) groups excluding carboxylic acids is 1. The average Bonchev–Trinajstić information content (AvgIpc) is 3.03. The first-order valence-corrected chi connectivity index (χ1v) is 9.33. The molecule has 1 N–H and O–H groups in total. The van der Waals surface area contributed by atoms with Gasteiger partial charge < -0.3 is 10.1 Å². The minimum Gasteiger partial charge on any atom is -0.449 e. The van der Waals surface area contributed by atoms with Crippen LogP contribution in [-0.4, -0.2) is 19.2 Å². The first-order valence-electron chi connectivity index (χ1n) is 9.33. The molecule has 0 unspecified atom stereocenters. The number of hydrogen-bond donors (Lipinski definition) is 1. The van der Waals surface area contributed by atoms with E-state index in [1.807, 2.05) is 24.3 Å². The zero-order valence-electron chi connectivity index (χ0n) is 15.6. The van der Waals surface area contributed by atoms with E-state index in [0.717, 1.165) is 17.2 Å². The SMILES string of the molecule is O=C(NCC=Cc1cc(F)cc(F)c1)OCC1c2ccccc2-c2ccccc21. The highest BCUT2D eigenvalue weighted by Crippen LogP contribution is 2.44. The molecule has 1 aliphatic rings. The van der Waals surface area contributed by atoms with E-state index in [1.165, 1.54) is 29.3 Å². The summed E-state index contributed by atoms with van der Waals surface area (Å²) in [6.07, 6.45) is 2.60. The summed E-state index contributed by atoms with van der Waals surface area (Å²) in [5, 5.41) is 2.62. The van der Waals surface area contributed by atoms with Gasteiger partial charge in [-0.3, -0.25) is 0 Å². The van der Waals surface area contributed by atoms with Crippen LogP contribution in [0.2, 0.25) is 0 Å². The number of ether oxygens (including phenoxy) is 1. The second-order valence-electron chi connectivity index (χ2n) is 6.81. The fourth-order valence-electron chi connectivity index (χ4n) is 3.66. The lowest BCUT2D eigenvalue weighted by Gasteiger charge is -2.14. The molecule has 0 aliphatic heterocycles. The van der Waals surface area contributed by atoms with Crippen LogP contribution in [0.3, 0.4) is 0 Å². The molecule has 5 heteroatoms. The second-order valence-corrected chi connectivity index (χ2v) is 6.81. The molecule has 4 rings (SSSR count). The van der Waals surface area contributed by atoms with E-state index in [0.29, 0.717) is 5.56 Å². The van der Waals surface area contributed by atoms with Crippen LogP contribution in [0.4, 0.5) is 13.6 Å². The third kappa shape index (κ3) is 4.19. The highest BCUT2D eigenvalue weighted by molar-refractivity contribution is 5.79. The van der Waals surface area contributed by atoms with Gasteiger partial charge in [0.1, 0.15) is 18.2 Å². The van der Waals surface area contributed by atoms with Crippen LogP contribution in [0.25, 0.3) is 17.2 Å². The van der Waals surface area contributed by atoms with Gasteiger partial charge in [-0.15, -0.1) is 0 Å². The van der Waals surface area contributed by atoms with Gasteiger partial charge >= 0.3 is 6.09 Å². The maximum Gasteiger partial charge on any atom is 0.407 e. The van der Waals surface area contributed by atoms with Crippen molar-refractivity contribution in [3.05, 3.63) is 101 Å². The van der Waals surface area contributed by atoms with Crippen molar-refractivity contribution in [1.29, 1.82) is 0 Å². The van der Waals surface area contributed by atoms with Gasteiger partial charge in [0.05, 0.1) is 0 Å². The third-order valence-electron chi connectivity index (χ3n) is 4.90. The first kappa shape index (κ1) is 18.9. The molecule has 0 aromatic heterocycles. The topological polar surface area (TPSA) is 38.3 Å². The molecule has 29 heavy (non-hydrogen) atoms. The van der Waals surface area contributed by atoms with Crippen LogP contribution in [0.15, 0.2) is 72.8 Å². The van der Waals surface area contributed by atoms with Crippen LogP contribution in [0.1, 0.15) is 22.6 Å². The van der Waals surface area contributed by atoms with Gasteiger partial charge in [0, 0.05) is 18.5 Å². The predicted molar refractivity (Wildman–Crippen MR) is 108 cm³/mol. The van der Waals surface area contributed by atoms with Crippen LogP contribution >= 0.6 is 0 Å². The molecule has 3 aromatic carbocycles. The van der Waals surface area contributed by atoms with E-state index >= 15 is 0 Å². The van der Waals surface area contributed by atoms with Gasteiger partial charge in [-0.1, -0.05) is 60.7 Å². The number of halogens is 2. The van der Waals surface area contributed by atoms with Crippen molar-refractivity contribution in [2.75, 3.05) is 13.2 Å². The number of amides is 1. The summed E-state index contributed by atoms with van der Waals surface area (Å²) in [5.74, 6) is -1.29. The molecule has 0 saturated heterocycles. The summed E-state index contributed by atoms with van der Waals surface area (Å²) < 4.78 is 31.7.